The molecule has 2 aromatic carbocycles. The van der Waals surface area contributed by atoms with Crippen molar-refractivity contribution in [2.45, 2.75) is 12.5 Å². The predicted molar refractivity (Wildman–Crippen MR) is 80.3 cm³/mol. The summed E-state index contributed by atoms with van der Waals surface area (Å²) in [6.07, 6.45) is 0. The SMILES string of the molecule is CC(CO)(Nc1cc(Cl)c(F)cc1N)c1ccccc1. The van der Waals surface area contributed by atoms with Crippen LogP contribution < -0.4 is 11.1 Å². The number of nitrogens with two attached hydrogens (primary N) is 1. The van der Waals surface area contributed by atoms with E-state index in [9.17, 15) is 9.50 Å². The minimum atomic E-state index is -0.740. The molecule has 1 atom stereocenters. The van der Waals surface area contributed by atoms with Crippen LogP contribution >= 0.6 is 11.6 Å². The molecule has 20 heavy (non-hydrogen) atoms. The fraction of sp³-hybridized carbons (Fsp3) is 0.200. The van der Waals surface area contributed by atoms with Crippen LogP contribution in [0.5, 0.6) is 0 Å². The molecular formula is C15H16ClFN2O. The molecule has 0 amide bonds. The largest absolute Gasteiger partial charge is 0.397 e. The zero-order valence-electron chi connectivity index (χ0n) is 11.0. The Bertz CT molecular complexity index is 606. The van der Waals surface area contributed by atoms with Gasteiger partial charge in [0.2, 0.25) is 0 Å². The van der Waals surface area contributed by atoms with Gasteiger partial charge in [-0.05, 0) is 18.6 Å². The van der Waals surface area contributed by atoms with Gasteiger partial charge in [0.1, 0.15) is 5.82 Å². The van der Waals surface area contributed by atoms with Crippen molar-refractivity contribution >= 4 is 23.0 Å². The van der Waals surface area contributed by atoms with E-state index in [0.717, 1.165) is 11.6 Å². The minimum Gasteiger partial charge on any atom is -0.397 e. The van der Waals surface area contributed by atoms with E-state index in [-0.39, 0.29) is 17.3 Å². The van der Waals surface area contributed by atoms with Crippen LogP contribution in [-0.4, -0.2) is 11.7 Å². The number of rotatable bonds is 4. The number of hydrogen-bond donors (Lipinski definition) is 3. The van der Waals surface area contributed by atoms with Gasteiger partial charge in [0, 0.05) is 6.07 Å². The highest BCUT2D eigenvalue weighted by atomic mass is 35.5. The predicted octanol–water partition coefficient (Wildman–Crippen LogP) is 3.38. The number of nitrogen functional groups attached to an aromatic ring is 1. The highest BCUT2D eigenvalue weighted by molar-refractivity contribution is 6.31. The lowest BCUT2D eigenvalue weighted by atomic mass is 9.92. The molecule has 0 aromatic heterocycles. The Balaban J connectivity index is 2.38. The normalized spacial score (nSPS) is 13.8. The van der Waals surface area contributed by atoms with E-state index in [1.165, 1.54) is 6.07 Å². The summed E-state index contributed by atoms with van der Waals surface area (Å²) in [5.41, 5.74) is 6.66. The van der Waals surface area contributed by atoms with Crippen LogP contribution in [0, 0.1) is 5.82 Å². The van der Waals surface area contributed by atoms with Crippen molar-refractivity contribution in [3.8, 4) is 0 Å². The molecule has 0 aliphatic carbocycles. The second-order valence-corrected chi connectivity index (χ2v) is 5.24. The lowest BCUT2D eigenvalue weighted by Gasteiger charge is -2.31. The highest BCUT2D eigenvalue weighted by Gasteiger charge is 2.26. The molecule has 4 N–H and O–H groups in total. The van der Waals surface area contributed by atoms with Crippen molar-refractivity contribution in [1.29, 1.82) is 0 Å². The molecule has 0 aliphatic heterocycles. The number of benzene rings is 2. The summed E-state index contributed by atoms with van der Waals surface area (Å²) in [4.78, 5) is 0. The van der Waals surface area contributed by atoms with Crippen LogP contribution in [0.2, 0.25) is 5.02 Å². The summed E-state index contributed by atoms with van der Waals surface area (Å²) < 4.78 is 13.3. The third kappa shape index (κ3) is 2.86. The Morgan fingerprint density at radius 2 is 1.95 bits per heavy atom. The van der Waals surface area contributed by atoms with Crippen LogP contribution in [0.1, 0.15) is 12.5 Å². The standard InChI is InChI=1S/C15H16ClFN2O/c1-15(9-20,10-5-3-2-4-6-10)19-14-7-11(16)12(17)8-13(14)18/h2-8,19-20H,9,18H2,1H3. The fourth-order valence-corrected chi connectivity index (χ4v) is 2.14. The topological polar surface area (TPSA) is 58.3 Å². The number of aliphatic hydroxyl groups is 1. The fourth-order valence-electron chi connectivity index (χ4n) is 1.98. The second-order valence-electron chi connectivity index (χ2n) is 4.83. The molecule has 0 fully saturated rings. The number of hydrogen-bond acceptors (Lipinski definition) is 3. The maximum atomic E-state index is 13.3. The Morgan fingerprint density at radius 3 is 2.55 bits per heavy atom. The Labute approximate surface area is 122 Å². The molecule has 0 spiro atoms. The second kappa shape index (κ2) is 5.69. The van der Waals surface area contributed by atoms with Crippen LogP contribution in [0.4, 0.5) is 15.8 Å². The minimum absolute atomic E-state index is 0.0185. The molecule has 0 radical (unpaired) electrons. The molecule has 0 heterocycles. The van der Waals surface area contributed by atoms with Crippen molar-refractivity contribution in [1.82, 2.24) is 0 Å². The van der Waals surface area contributed by atoms with E-state index in [1.54, 1.807) is 0 Å². The lowest BCUT2D eigenvalue weighted by Crippen LogP contribution is -2.36. The summed E-state index contributed by atoms with van der Waals surface area (Å²) in [7, 11) is 0. The number of aliphatic hydroxyl groups excluding tert-OH is 1. The van der Waals surface area contributed by atoms with Gasteiger partial charge in [-0.1, -0.05) is 41.9 Å². The van der Waals surface area contributed by atoms with Gasteiger partial charge in [0.05, 0.1) is 28.5 Å². The summed E-state index contributed by atoms with van der Waals surface area (Å²) in [5, 5.41) is 12.8. The van der Waals surface area contributed by atoms with Gasteiger partial charge in [-0.25, -0.2) is 4.39 Å². The van der Waals surface area contributed by atoms with Crippen molar-refractivity contribution < 1.29 is 9.50 Å². The number of halogens is 2. The van der Waals surface area contributed by atoms with E-state index in [2.05, 4.69) is 5.32 Å². The smallest absolute Gasteiger partial charge is 0.143 e. The molecule has 3 nitrogen and oxygen atoms in total. The van der Waals surface area contributed by atoms with Crippen LogP contribution in [0.3, 0.4) is 0 Å². The number of nitrogens with one attached hydrogen (secondary N) is 1. The summed E-state index contributed by atoms with van der Waals surface area (Å²) in [6, 6.07) is 12.0. The number of anilines is 2. The first kappa shape index (κ1) is 14.6. The van der Waals surface area contributed by atoms with Crippen molar-refractivity contribution in [2.24, 2.45) is 0 Å². The quantitative estimate of drug-likeness (QED) is 0.758. The average Bonchev–Trinajstić information content (AvgIpc) is 2.45. The average molecular weight is 295 g/mol. The lowest BCUT2D eigenvalue weighted by molar-refractivity contribution is 0.224. The van der Waals surface area contributed by atoms with E-state index in [1.807, 2.05) is 37.3 Å². The van der Waals surface area contributed by atoms with E-state index < -0.39 is 11.4 Å². The van der Waals surface area contributed by atoms with Crippen LogP contribution in [0.15, 0.2) is 42.5 Å². The van der Waals surface area contributed by atoms with Gasteiger partial charge in [-0.3, -0.25) is 0 Å². The first-order valence-electron chi connectivity index (χ1n) is 6.15. The third-order valence-corrected chi connectivity index (χ3v) is 3.52. The van der Waals surface area contributed by atoms with Crippen molar-refractivity contribution in [2.75, 3.05) is 17.7 Å². The van der Waals surface area contributed by atoms with Gasteiger partial charge >= 0.3 is 0 Å². The Hall–Kier alpha value is -1.78. The first-order chi connectivity index (χ1) is 9.46. The molecule has 0 saturated carbocycles. The maximum Gasteiger partial charge on any atom is 0.143 e. The van der Waals surface area contributed by atoms with Crippen LogP contribution in [0.25, 0.3) is 0 Å². The zero-order chi connectivity index (χ0) is 14.8. The Morgan fingerprint density at radius 1 is 1.30 bits per heavy atom. The molecule has 2 rings (SSSR count). The monoisotopic (exact) mass is 294 g/mol. The molecule has 5 heteroatoms. The third-order valence-electron chi connectivity index (χ3n) is 3.23. The van der Waals surface area contributed by atoms with Crippen molar-refractivity contribution in [3.63, 3.8) is 0 Å². The van der Waals surface area contributed by atoms with Gasteiger partial charge in [0.25, 0.3) is 0 Å². The van der Waals surface area contributed by atoms with Gasteiger partial charge in [-0.15, -0.1) is 0 Å². The van der Waals surface area contributed by atoms with Gasteiger partial charge < -0.3 is 16.2 Å². The molecule has 0 aliphatic rings. The van der Waals surface area contributed by atoms with E-state index >= 15 is 0 Å². The molecule has 2 aromatic rings. The van der Waals surface area contributed by atoms with Crippen LogP contribution in [-0.2, 0) is 5.54 Å². The zero-order valence-corrected chi connectivity index (χ0v) is 11.8. The maximum absolute atomic E-state index is 13.3. The van der Waals surface area contributed by atoms with Gasteiger partial charge in [0.15, 0.2) is 0 Å². The van der Waals surface area contributed by atoms with E-state index in [4.69, 9.17) is 17.3 Å². The highest BCUT2D eigenvalue weighted by Crippen LogP contribution is 2.32. The van der Waals surface area contributed by atoms with Gasteiger partial charge in [-0.2, -0.15) is 0 Å². The molecule has 0 saturated heterocycles. The Kier molecular flexibility index (Phi) is 4.16. The first-order valence-corrected chi connectivity index (χ1v) is 6.53. The molecule has 106 valence electrons. The summed E-state index contributed by atoms with van der Waals surface area (Å²) >= 11 is 5.77. The molecule has 0 bridgehead atoms. The molecule has 1 unspecified atom stereocenters. The summed E-state index contributed by atoms with van der Waals surface area (Å²) in [5.74, 6) is -0.569. The van der Waals surface area contributed by atoms with Crippen molar-refractivity contribution in [3.05, 3.63) is 58.9 Å². The summed E-state index contributed by atoms with van der Waals surface area (Å²) in [6.45, 7) is 1.69. The molecular weight excluding hydrogens is 279 g/mol. The van der Waals surface area contributed by atoms with E-state index in [0.29, 0.717) is 5.69 Å².